The number of aromatic nitrogens is 2. The molecule has 2 N–H and O–H groups in total. The molecule has 0 atom stereocenters. The fourth-order valence-corrected chi connectivity index (χ4v) is 2.23. The third kappa shape index (κ3) is 4.30. The molecule has 7 heteroatoms. The number of amides is 1. The van der Waals surface area contributed by atoms with Gasteiger partial charge in [0.1, 0.15) is 5.82 Å². The fraction of sp³-hybridized carbons (Fsp3) is 0.0556. The SMILES string of the molecule is Cc1ccc(NC(=O)c2cnc(Nc3ccc(F)c(Cl)c3)nc2)cc1. The summed E-state index contributed by atoms with van der Waals surface area (Å²) in [6.45, 7) is 1.97. The van der Waals surface area contributed by atoms with Crippen LogP contribution in [-0.2, 0) is 0 Å². The zero-order chi connectivity index (χ0) is 17.8. The van der Waals surface area contributed by atoms with Crippen LogP contribution in [0.25, 0.3) is 0 Å². The number of nitrogens with one attached hydrogen (secondary N) is 2. The van der Waals surface area contributed by atoms with Gasteiger partial charge >= 0.3 is 0 Å². The highest BCUT2D eigenvalue weighted by molar-refractivity contribution is 6.31. The minimum absolute atomic E-state index is 0.000837. The molecule has 1 heterocycles. The van der Waals surface area contributed by atoms with Gasteiger partial charge in [-0.1, -0.05) is 29.3 Å². The molecule has 5 nitrogen and oxygen atoms in total. The van der Waals surface area contributed by atoms with Gasteiger partial charge in [0.25, 0.3) is 5.91 Å². The van der Waals surface area contributed by atoms with Gasteiger partial charge in [0, 0.05) is 23.8 Å². The second-order valence-corrected chi connectivity index (χ2v) is 5.78. The van der Waals surface area contributed by atoms with Gasteiger partial charge in [0.05, 0.1) is 10.6 Å². The molecule has 0 aliphatic heterocycles. The van der Waals surface area contributed by atoms with E-state index in [1.807, 2.05) is 31.2 Å². The molecule has 2 aromatic carbocycles. The van der Waals surface area contributed by atoms with E-state index in [1.54, 1.807) is 0 Å². The largest absolute Gasteiger partial charge is 0.324 e. The number of carbonyl (C=O) groups is 1. The Labute approximate surface area is 148 Å². The minimum atomic E-state index is -0.503. The topological polar surface area (TPSA) is 66.9 Å². The monoisotopic (exact) mass is 356 g/mol. The number of halogens is 2. The summed E-state index contributed by atoms with van der Waals surface area (Å²) in [6, 6.07) is 11.7. The van der Waals surface area contributed by atoms with Crippen LogP contribution in [0.4, 0.5) is 21.7 Å². The number of hydrogen-bond donors (Lipinski definition) is 2. The molecule has 126 valence electrons. The quantitative estimate of drug-likeness (QED) is 0.718. The number of aryl methyl sites for hydroxylation is 1. The first kappa shape index (κ1) is 16.9. The van der Waals surface area contributed by atoms with Gasteiger partial charge in [0.2, 0.25) is 5.95 Å². The highest BCUT2D eigenvalue weighted by atomic mass is 35.5. The van der Waals surface area contributed by atoms with Crippen LogP contribution in [-0.4, -0.2) is 15.9 Å². The zero-order valence-electron chi connectivity index (χ0n) is 13.3. The smallest absolute Gasteiger partial charge is 0.258 e. The van der Waals surface area contributed by atoms with Gasteiger partial charge < -0.3 is 10.6 Å². The molecule has 0 saturated heterocycles. The molecule has 0 bridgehead atoms. The molecule has 25 heavy (non-hydrogen) atoms. The maximum atomic E-state index is 13.1. The Balaban J connectivity index is 1.67. The van der Waals surface area contributed by atoms with Crippen LogP contribution in [0.1, 0.15) is 15.9 Å². The predicted octanol–water partition coefficient (Wildman–Crippen LogP) is 4.57. The third-order valence-electron chi connectivity index (χ3n) is 3.40. The summed E-state index contributed by atoms with van der Waals surface area (Å²) in [5.41, 5.74) is 2.67. The minimum Gasteiger partial charge on any atom is -0.324 e. The average Bonchev–Trinajstić information content (AvgIpc) is 2.61. The van der Waals surface area contributed by atoms with Gasteiger partial charge in [-0.15, -0.1) is 0 Å². The zero-order valence-corrected chi connectivity index (χ0v) is 14.0. The van der Waals surface area contributed by atoms with E-state index in [-0.39, 0.29) is 16.9 Å². The van der Waals surface area contributed by atoms with Crippen molar-refractivity contribution in [2.45, 2.75) is 6.92 Å². The average molecular weight is 357 g/mol. The van der Waals surface area contributed by atoms with Crippen LogP contribution in [0.3, 0.4) is 0 Å². The number of carbonyl (C=O) groups excluding carboxylic acids is 1. The summed E-state index contributed by atoms with van der Waals surface area (Å²) in [6.07, 6.45) is 2.81. The number of benzene rings is 2. The highest BCUT2D eigenvalue weighted by Gasteiger charge is 2.08. The number of nitrogens with zero attached hydrogens (tertiary/aromatic N) is 2. The summed E-state index contributed by atoms with van der Waals surface area (Å²) >= 11 is 5.72. The van der Waals surface area contributed by atoms with E-state index in [0.717, 1.165) is 5.56 Å². The lowest BCUT2D eigenvalue weighted by Gasteiger charge is -2.07. The first-order valence-corrected chi connectivity index (χ1v) is 7.81. The van der Waals surface area contributed by atoms with Crippen molar-refractivity contribution in [3.8, 4) is 0 Å². The molecule has 0 aliphatic rings. The lowest BCUT2D eigenvalue weighted by Crippen LogP contribution is -2.13. The van der Waals surface area contributed by atoms with E-state index in [2.05, 4.69) is 20.6 Å². The fourth-order valence-electron chi connectivity index (χ4n) is 2.05. The van der Waals surface area contributed by atoms with Crippen molar-refractivity contribution in [1.29, 1.82) is 0 Å². The normalized spacial score (nSPS) is 10.4. The lowest BCUT2D eigenvalue weighted by molar-refractivity contribution is 0.102. The van der Waals surface area contributed by atoms with Crippen LogP contribution in [0.15, 0.2) is 54.9 Å². The Morgan fingerprint density at radius 2 is 1.68 bits per heavy atom. The van der Waals surface area contributed by atoms with Crippen molar-refractivity contribution >= 4 is 34.8 Å². The standard InChI is InChI=1S/C18H14ClFN4O/c1-11-2-4-13(5-3-11)23-17(25)12-9-21-18(22-10-12)24-14-6-7-16(20)15(19)8-14/h2-10H,1H3,(H,23,25)(H,21,22,24). The molecule has 0 fully saturated rings. The van der Waals surface area contributed by atoms with Crippen molar-refractivity contribution < 1.29 is 9.18 Å². The van der Waals surface area contributed by atoms with Gasteiger partial charge in [0.15, 0.2) is 0 Å². The van der Waals surface area contributed by atoms with E-state index in [4.69, 9.17) is 11.6 Å². The highest BCUT2D eigenvalue weighted by Crippen LogP contribution is 2.21. The van der Waals surface area contributed by atoms with Crippen molar-refractivity contribution in [2.24, 2.45) is 0 Å². The third-order valence-corrected chi connectivity index (χ3v) is 3.69. The Bertz CT molecular complexity index is 898. The summed E-state index contributed by atoms with van der Waals surface area (Å²) < 4.78 is 13.1. The van der Waals surface area contributed by atoms with Gasteiger partial charge in [-0.05, 0) is 37.3 Å². The molecular weight excluding hydrogens is 343 g/mol. The van der Waals surface area contributed by atoms with Crippen LogP contribution < -0.4 is 10.6 Å². The number of anilines is 3. The maximum Gasteiger partial charge on any atom is 0.258 e. The second kappa shape index (κ2) is 7.27. The molecular formula is C18H14ClFN4O. The van der Waals surface area contributed by atoms with E-state index in [9.17, 15) is 9.18 Å². The molecule has 0 unspecified atom stereocenters. The van der Waals surface area contributed by atoms with Gasteiger partial charge in [-0.2, -0.15) is 0 Å². The van der Waals surface area contributed by atoms with E-state index in [0.29, 0.717) is 16.9 Å². The molecule has 3 rings (SSSR count). The van der Waals surface area contributed by atoms with E-state index in [1.165, 1.54) is 30.6 Å². The first-order chi connectivity index (χ1) is 12.0. The molecule has 1 amide bonds. The predicted molar refractivity (Wildman–Crippen MR) is 95.9 cm³/mol. The number of rotatable bonds is 4. The Hall–Kier alpha value is -2.99. The molecule has 3 aromatic rings. The maximum absolute atomic E-state index is 13.1. The first-order valence-electron chi connectivity index (χ1n) is 7.43. The summed E-state index contributed by atoms with van der Waals surface area (Å²) in [7, 11) is 0. The summed E-state index contributed by atoms with van der Waals surface area (Å²) in [5, 5.41) is 5.66. The van der Waals surface area contributed by atoms with Crippen LogP contribution in [0.2, 0.25) is 5.02 Å². The van der Waals surface area contributed by atoms with Gasteiger partial charge in [-0.25, -0.2) is 14.4 Å². The molecule has 0 saturated carbocycles. The van der Waals surface area contributed by atoms with E-state index >= 15 is 0 Å². The van der Waals surface area contributed by atoms with Crippen molar-refractivity contribution in [3.63, 3.8) is 0 Å². The van der Waals surface area contributed by atoms with Crippen LogP contribution in [0, 0.1) is 12.7 Å². The van der Waals surface area contributed by atoms with E-state index < -0.39 is 5.82 Å². The van der Waals surface area contributed by atoms with Gasteiger partial charge in [-0.3, -0.25) is 4.79 Å². The molecule has 1 aromatic heterocycles. The Morgan fingerprint density at radius 1 is 1.04 bits per heavy atom. The van der Waals surface area contributed by atoms with Crippen LogP contribution in [0.5, 0.6) is 0 Å². The molecule has 0 spiro atoms. The number of hydrogen-bond acceptors (Lipinski definition) is 4. The van der Waals surface area contributed by atoms with Crippen molar-refractivity contribution in [1.82, 2.24) is 9.97 Å². The Morgan fingerprint density at radius 3 is 2.32 bits per heavy atom. The lowest BCUT2D eigenvalue weighted by atomic mass is 10.2. The van der Waals surface area contributed by atoms with Crippen LogP contribution >= 0.6 is 11.6 Å². The second-order valence-electron chi connectivity index (χ2n) is 5.37. The van der Waals surface area contributed by atoms with Crippen molar-refractivity contribution in [3.05, 3.63) is 76.8 Å². The Kier molecular flexibility index (Phi) is 4.90. The summed E-state index contributed by atoms with van der Waals surface area (Å²) in [4.78, 5) is 20.3. The summed E-state index contributed by atoms with van der Waals surface area (Å²) in [5.74, 6) is -0.536. The molecule has 0 aliphatic carbocycles. The van der Waals surface area contributed by atoms with Crippen molar-refractivity contribution in [2.75, 3.05) is 10.6 Å². The molecule has 0 radical (unpaired) electrons.